The van der Waals surface area contributed by atoms with Gasteiger partial charge in [-0.1, -0.05) is 35.0 Å². The summed E-state index contributed by atoms with van der Waals surface area (Å²) in [6.07, 6.45) is -1.02. The topological polar surface area (TPSA) is 114 Å². The summed E-state index contributed by atoms with van der Waals surface area (Å²) in [6.45, 7) is 3.31. The monoisotopic (exact) mass is 384 g/mol. The van der Waals surface area contributed by atoms with Crippen molar-refractivity contribution >= 4 is 21.8 Å². The molecule has 2 saturated heterocycles. The predicted octanol–water partition coefficient (Wildman–Crippen LogP) is 3.42. The van der Waals surface area contributed by atoms with E-state index in [-0.39, 0.29) is 5.90 Å². The van der Waals surface area contributed by atoms with Crippen LogP contribution in [0.2, 0.25) is 0 Å². The number of halogens is 1. The third-order valence-corrected chi connectivity index (χ3v) is 5.64. The Kier molecular flexibility index (Phi) is 3.46. The highest BCUT2D eigenvalue weighted by Crippen LogP contribution is 2.66. The van der Waals surface area contributed by atoms with Gasteiger partial charge in [-0.05, 0) is 17.7 Å². The molecule has 3 rings (SSSR count). The van der Waals surface area contributed by atoms with Crippen LogP contribution < -0.4 is 0 Å². The molecule has 4 unspecified atom stereocenters. The molecule has 0 spiro atoms. The fourth-order valence-corrected chi connectivity index (χ4v) is 4.10. The van der Waals surface area contributed by atoms with Crippen molar-refractivity contribution in [2.24, 2.45) is 16.7 Å². The van der Waals surface area contributed by atoms with Gasteiger partial charge >= 0.3 is 0 Å². The number of nitriles is 3. The molecule has 1 N–H and O–H groups in total. The van der Waals surface area contributed by atoms with Crippen LogP contribution in [0.3, 0.4) is 0 Å². The first kappa shape index (κ1) is 16.5. The third kappa shape index (κ3) is 1.68. The number of nitrogens with zero attached hydrogens (tertiary/aromatic N) is 3. The lowest BCUT2D eigenvalue weighted by molar-refractivity contribution is -0.268. The van der Waals surface area contributed by atoms with E-state index in [2.05, 4.69) is 22.0 Å². The van der Waals surface area contributed by atoms with E-state index in [1.807, 2.05) is 18.2 Å². The van der Waals surface area contributed by atoms with Crippen molar-refractivity contribution in [1.82, 2.24) is 0 Å². The largest absolute Gasteiger partial charge is 0.448 e. The lowest BCUT2D eigenvalue weighted by Gasteiger charge is -2.47. The van der Waals surface area contributed by atoms with Crippen LogP contribution in [0, 0.1) is 56.2 Å². The molecule has 0 saturated carbocycles. The molecule has 0 amide bonds. The van der Waals surface area contributed by atoms with E-state index in [0.29, 0.717) is 5.56 Å². The molecule has 4 atom stereocenters. The number of benzene rings is 1. The molecule has 2 aliphatic heterocycles. The van der Waals surface area contributed by atoms with Gasteiger partial charge in [-0.15, -0.1) is 0 Å². The molecule has 1 aromatic carbocycles. The van der Waals surface area contributed by atoms with Gasteiger partial charge in [-0.2, -0.15) is 15.8 Å². The van der Waals surface area contributed by atoms with E-state index in [4.69, 9.17) is 14.9 Å². The van der Waals surface area contributed by atoms with Crippen LogP contribution >= 0.6 is 15.9 Å². The van der Waals surface area contributed by atoms with Gasteiger partial charge in [0, 0.05) is 11.4 Å². The summed E-state index contributed by atoms with van der Waals surface area (Å²) >= 11 is 3.36. The van der Waals surface area contributed by atoms with Gasteiger partial charge in [0.05, 0.1) is 24.1 Å². The van der Waals surface area contributed by atoms with Crippen molar-refractivity contribution in [2.75, 3.05) is 0 Å². The van der Waals surface area contributed by atoms with E-state index in [9.17, 15) is 15.8 Å². The minimum Gasteiger partial charge on any atom is -0.448 e. The maximum atomic E-state index is 9.91. The van der Waals surface area contributed by atoms with Gasteiger partial charge in [0.1, 0.15) is 6.10 Å². The molecule has 0 radical (unpaired) electrons. The fraction of sp³-hybridized carbons (Fsp3) is 0.412. The summed E-state index contributed by atoms with van der Waals surface area (Å²) in [7, 11) is 0. The fourth-order valence-electron chi connectivity index (χ4n) is 3.68. The average molecular weight is 385 g/mol. The molecular weight excluding hydrogens is 372 g/mol. The van der Waals surface area contributed by atoms with E-state index in [1.165, 1.54) is 0 Å². The quantitative estimate of drug-likeness (QED) is 0.796. The summed E-state index contributed by atoms with van der Waals surface area (Å²) in [5.74, 6) is -2.29. The molecule has 6 nitrogen and oxygen atoms in total. The number of hydrogen-bond acceptors (Lipinski definition) is 6. The van der Waals surface area contributed by atoms with Gasteiger partial charge in [0.15, 0.2) is 5.41 Å². The molecular formula is C17H13BrN4O2. The predicted molar refractivity (Wildman–Crippen MR) is 86.1 cm³/mol. The zero-order valence-corrected chi connectivity index (χ0v) is 14.6. The van der Waals surface area contributed by atoms with Crippen LogP contribution in [0.5, 0.6) is 0 Å². The molecule has 2 aliphatic rings. The Labute approximate surface area is 147 Å². The van der Waals surface area contributed by atoms with Crippen molar-refractivity contribution in [3.05, 3.63) is 34.3 Å². The lowest BCUT2D eigenvalue weighted by Crippen LogP contribution is -2.57. The number of hydrogen-bond donors (Lipinski definition) is 1. The van der Waals surface area contributed by atoms with Gasteiger partial charge in [0.25, 0.3) is 0 Å². The van der Waals surface area contributed by atoms with Crippen molar-refractivity contribution in [3.63, 3.8) is 0 Å². The Hall–Kier alpha value is -2.40. The van der Waals surface area contributed by atoms with Gasteiger partial charge in [-0.25, -0.2) is 0 Å². The van der Waals surface area contributed by atoms with Crippen molar-refractivity contribution in [2.45, 2.75) is 25.7 Å². The van der Waals surface area contributed by atoms with Crippen LogP contribution in [0.25, 0.3) is 0 Å². The van der Waals surface area contributed by atoms with Crippen LogP contribution in [-0.2, 0) is 9.47 Å². The van der Waals surface area contributed by atoms with E-state index >= 15 is 0 Å². The van der Waals surface area contributed by atoms with Crippen molar-refractivity contribution in [3.8, 4) is 18.2 Å². The van der Waals surface area contributed by atoms with E-state index in [1.54, 1.807) is 32.0 Å². The van der Waals surface area contributed by atoms with Crippen LogP contribution in [0.4, 0.5) is 0 Å². The molecule has 2 heterocycles. The van der Waals surface area contributed by atoms with Gasteiger partial charge in [0.2, 0.25) is 17.1 Å². The number of ether oxygens (including phenoxy) is 2. The molecule has 1 aromatic rings. The second-order valence-corrected chi connectivity index (χ2v) is 7.09. The molecule has 7 heteroatoms. The first-order valence-corrected chi connectivity index (χ1v) is 8.05. The molecule has 0 aliphatic carbocycles. The molecule has 120 valence electrons. The van der Waals surface area contributed by atoms with Crippen LogP contribution in [0.15, 0.2) is 28.7 Å². The number of fused-ring (bicyclic) bond motifs is 2. The Balaban J connectivity index is 2.34. The second kappa shape index (κ2) is 5.05. The normalized spacial score (nSPS) is 36.1. The van der Waals surface area contributed by atoms with Gasteiger partial charge < -0.3 is 9.47 Å². The summed E-state index contributed by atoms with van der Waals surface area (Å²) in [5, 5.41) is 37.9. The lowest BCUT2D eigenvalue weighted by atomic mass is 9.54. The SMILES string of the molecule is CC1C2(C)OC(=N)C1(C#N)C(C#N)(C#N)C(c1cccc(Br)c1)O2. The molecule has 0 aromatic heterocycles. The summed E-state index contributed by atoms with van der Waals surface area (Å²) in [6, 6.07) is 13.1. The Morgan fingerprint density at radius 1 is 1.21 bits per heavy atom. The summed E-state index contributed by atoms with van der Waals surface area (Å²) in [4.78, 5) is 0. The smallest absolute Gasteiger partial charge is 0.214 e. The first-order valence-electron chi connectivity index (χ1n) is 7.26. The van der Waals surface area contributed by atoms with Crippen LogP contribution in [0.1, 0.15) is 25.5 Å². The van der Waals surface area contributed by atoms with Gasteiger partial charge in [-0.3, -0.25) is 5.41 Å². The van der Waals surface area contributed by atoms with E-state index in [0.717, 1.165) is 4.47 Å². The average Bonchev–Trinajstić information content (AvgIpc) is 2.70. The zero-order valence-electron chi connectivity index (χ0n) is 13.0. The molecule has 2 fully saturated rings. The third-order valence-electron chi connectivity index (χ3n) is 5.15. The van der Waals surface area contributed by atoms with Crippen molar-refractivity contribution < 1.29 is 9.47 Å². The Morgan fingerprint density at radius 3 is 2.42 bits per heavy atom. The molecule has 2 bridgehead atoms. The zero-order chi connectivity index (χ0) is 17.8. The summed E-state index contributed by atoms with van der Waals surface area (Å²) < 4.78 is 12.3. The summed E-state index contributed by atoms with van der Waals surface area (Å²) in [5.41, 5.74) is -3.02. The van der Waals surface area contributed by atoms with Crippen LogP contribution in [-0.4, -0.2) is 11.7 Å². The Morgan fingerprint density at radius 2 is 1.88 bits per heavy atom. The first-order chi connectivity index (χ1) is 11.3. The van der Waals surface area contributed by atoms with Crippen molar-refractivity contribution in [1.29, 1.82) is 21.2 Å². The Bertz CT molecular complexity index is 851. The highest BCUT2D eigenvalue weighted by Gasteiger charge is 2.78. The number of rotatable bonds is 1. The van der Waals surface area contributed by atoms with E-state index < -0.39 is 28.6 Å². The minimum atomic E-state index is -1.89. The maximum Gasteiger partial charge on any atom is 0.214 e. The second-order valence-electron chi connectivity index (χ2n) is 6.17. The molecule has 24 heavy (non-hydrogen) atoms. The highest BCUT2D eigenvalue weighted by atomic mass is 79.9. The maximum absolute atomic E-state index is 9.91. The minimum absolute atomic E-state index is 0.388. The highest BCUT2D eigenvalue weighted by molar-refractivity contribution is 9.10. The standard InChI is InChI=1S/C17H13BrN4O2/c1-10-15(2)23-13(11-4-3-5-12(18)6-11)16(7-19,8-20)17(10,9-21)14(22)24-15/h3-6,10,13,22H,1-2H3. The number of nitrogens with one attached hydrogen (secondary N) is 1.